The number of piperidine rings is 1. The third-order valence-corrected chi connectivity index (χ3v) is 6.75. The number of nitrogens with zero attached hydrogens (tertiary/aromatic N) is 3. The third kappa shape index (κ3) is 9.91. The lowest BCUT2D eigenvalue weighted by atomic mass is 10.0. The zero-order chi connectivity index (χ0) is 26.0. The maximum absolute atomic E-state index is 12.3. The molecule has 0 bridgehead atoms. The summed E-state index contributed by atoms with van der Waals surface area (Å²) >= 11 is 3.69. The highest BCUT2D eigenvalue weighted by Gasteiger charge is 2.25. The second-order valence-electron chi connectivity index (χ2n) is 9.83. The molecule has 9 heteroatoms. The molecule has 196 valence electrons. The molecular formula is C26H40BrN3O5. The molecule has 2 heterocycles. The maximum atomic E-state index is 12.3. The predicted molar refractivity (Wildman–Crippen MR) is 142 cm³/mol. The molecule has 2 aliphatic heterocycles. The zero-order valence-electron chi connectivity index (χ0n) is 21.7. The van der Waals surface area contributed by atoms with E-state index in [1.165, 1.54) is 10.5 Å². The lowest BCUT2D eigenvalue weighted by Gasteiger charge is -2.31. The smallest absolute Gasteiger partial charge is 0.410 e. The fourth-order valence-electron chi connectivity index (χ4n) is 3.60. The number of carbonyl (C=O) groups excluding carboxylic acids is 2. The van der Waals surface area contributed by atoms with Crippen molar-refractivity contribution < 1.29 is 24.2 Å². The second-order valence-corrected chi connectivity index (χ2v) is 10.6. The topological polar surface area (TPSA) is 82.5 Å². The van der Waals surface area contributed by atoms with E-state index in [9.17, 15) is 9.59 Å². The van der Waals surface area contributed by atoms with Crippen LogP contribution in [0.1, 0.15) is 49.5 Å². The van der Waals surface area contributed by atoms with Crippen LogP contribution in [0.2, 0.25) is 0 Å². The molecule has 0 aromatic heterocycles. The Bertz CT molecular complexity index is 851. The SMILES string of the molecule is CN(CCO)C(=O)c1ccc(C(Br)=C2CCN(C(=O)OC(C)(C)C)CC2)cc1.CN1CCOCC1. The minimum Gasteiger partial charge on any atom is -0.444 e. The van der Waals surface area contributed by atoms with Crippen LogP contribution in [-0.2, 0) is 9.47 Å². The Balaban J connectivity index is 0.000000527. The Morgan fingerprint density at radius 3 is 2.06 bits per heavy atom. The molecule has 0 unspecified atom stereocenters. The van der Waals surface area contributed by atoms with Crippen LogP contribution in [0.4, 0.5) is 4.79 Å². The van der Waals surface area contributed by atoms with Crippen LogP contribution >= 0.6 is 15.9 Å². The van der Waals surface area contributed by atoms with Crippen molar-refractivity contribution in [1.82, 2.24) is 14.7 Å². The minimum atomic E-state index is -0.488. The van der Waals surface area contributed by atoms with E-state index in [4.69, 9.17) is 14.6 Å². The zero-order valence-corrected chi connectivity index (χ0v) is 23.3. The summed E-state index contributed by atoms with van der Waals surface area (Å²) in [6, 6.07) is 7.42. The van der Waals surface area contributed by atoms with E-state index in [0.29, 0.717) is 25.2 Å². The lowest BCUT2D eigenvalue weighted by Crippen LogP contribution is -2.40. The van der Waals surface area contributed by atoms with Crippen molar-refractivity contribution in [1.29, 1.82) is 0 Å². The Hall–Kier alpha value is -1.94. The van der Waals surface area contributed by atoms with Crippen LogP contribution in [0.3, 0.4) is 0 Å². The number of aliphatic hydroxyl groups excluding tert-OH is 1. The first kappa shape index (κ1) is 29.3. The van der Waals surface area contributed by atoms with Crippen molar-refractivity contribution in [2.45, 2.75) is 39.2 Å². The molecule has 2 fully saturated rings. The molecule has 0 spiro atoms. The van der Waals surface area contributed by atoms with Crippen molar-refractivity contribution in [3.8, 4) is 0 Å². The normalized spacial score (nSPS) is 16.8. The molecule has 0 radical (unpaired) electrons. The number of rotatable bonds is 4. The Morgan fingerprint density at radius 1 is 1.06 bits per heavy atom. The van der Waals surface area contributed by atoms with E-state index >= 15 is 0 Å². The Morgan fingerprint density at radius 2 is 1.60 bits per heavy atom. The molecule has 1 N–H and O–H groups in total. The average Bonchev–Trinajstić information content (AvgIpc) is 2.83. The van der Waals surface area contributed by atoms with Crippen LogP contribution in [0.5, 0.6) is 0 Å². The molecule has 0 saturated carbocycles. The summed E-state index contributed by atoms with van der Waals surface area (Å²) in [5.41, 5.74) is 2.35. The van der Waals surface area contributed by atoms with Crippen LogP contribution in [0, 0.1) is 0 Å². The number of hydrogen-bond acceptors (Lipinski definition) is 6. The highest BCUT2D eigenvalue weighted by Crippen LogP contribution is 2.32. The van der Waals surface area contributed by atoms with Crippen molar-refractivity contribution in [3.05, 3.63) is 41.0 Å². The molecule has 35 heavy (non-hydrogen) atoms. The number of benzene rings is 1. The molecule has 0 aliphatic carbocycles. The fourth-order valence-corrected chi connectivity index (χ4v) is 4.26. The molecule has 8 nitrogen and oxygen atoms in total. The van der Waals surface area contributed by atoms with E-state index in [0.717, 1.165) is 49.2 Å². The number of hydrogen-bond donors (Lipinski definition) is 1. The van der Waals surface area contributed by atoms with Gasteiger partial charge >= 0.3 is 6.09 Å². The largest absolute Gasteiger partial charge is 0.444 e. The van der Waals surface area contributed by atoms with E-state index in [1.807, 2.05) is 32.9 Å². The van der Waals surface area contributed by atoms with Gasteiger partial charge < -0.3 is 29.3 Å². The van der Waals surface area contributed by atoms with Crippen LogP contribution < -0.4 is 0 Å². The van der Waals surface area contributed by atoms with Crippen molar-refractivity contribution in [3.63, 3.8) is 0 Å². The van der Waals surface area contributed by atoms with Gasteiger partial charge in [-0.1, -0.05) is 33.6 Å². The molecule has 1 aromatic rings. The summed E-state index contributed by atoms with van der Waals surface area (Å²) in [5, 5.41) is 8.96. The van der Waals surface area contributed by atoms with E-state index in [-0.39, 0.29) is 18.6 Å². The Labute approximate surface area is 218 Å². The van der Waals surface area contributed by atoms with Crippen LogP contribution in [-0.4, -0.2) is 104 Å². The average molecular weight is 555 g/mol. The van der Waals surface area contributed by atoms with Crippen molar-refractivity contribution >= 4 is 32.4 Å². The maximum Gasteiger partial charge on any atom is 0.410 e. The fraction of sp³-hybridized carbons (Fsp3) is 0.615. The summed E-state index contributed by atoms with van der Waals surface area (Å²) < 4.78 is 11.5. The van der Waals surface area contributed by atoms with Gasteiger partial charge in [0.2, 0.25) is 0 Å². The van der Waals surface area contributed by atoms with Gasteiger partial charge in [0.1, 0.15) is 5.60 Å². The van der Waals surface area contributed by atoms with Gasteiger partial charge in [0, 0.05) is 49.8 Å². The first-order valence-corrected chi connectivity index (χ1v) is 12.9. The van der Waals surface area contributed by atoms with Gasteiger partial charge in [0.25, 0.3) is 5.91 Å². The monoisotopic (exact) mass is 553 g/mol. The highest BCUT2D eigenvalue weighted by atomic mass is 79.9. The quantitative estimate of drug-likeness (QED) is 0.610. The van der Waals surface area contributed by atoms with E-state index < -0.39 is 5.60 Å². The van der Waals surface area contributed by atoms with Gasteiger partial charge in [-0.2, -0.15) is 0 Å². The number of likely N-dealkylation sites (tertiary alicyclic amines) is 1. The molecule has 3 rings (SSSR count). The number of carbonyl (C=O) groups is 2. The summed E-state index contributed by atoms with van der Waals surface area (Å²) in [5.74, 6) is -0.116. The number of halogens is 1. The summed E-state index contributed by atoms with van der Waals surface area (Å²) in [6.45, 7) is 11.1. The standard InChI is InChI=1S/C21H29BrN2O4.C5H11NO/c1-21(2,3)28-20(27)24-11-9-16(10-12-24)18(22)15-5-7-17(8-6-15)19(26)23(4)13-14-25;1-6-2-4-7-5-3-6/h5-8,25H,9-14H2,1-4H3;2-5H2,1H3. The molecule has 2 saturated heterocycles. The van der Waals surface area contributed by atoms with E-state index in [1.54, 1.807) is 24.1 Å². The van der Waals surface area contributed by atoms with Gasteiger partial charge in [-0.25, -0.2) is 4.79 Å². The molecule has 2 aliphatic rings. The lowest BCUT2D eigenvalue weighted by molar-refractivity contribution is 0.0236. The molecule has 2 amide bonds. The molecule has 1 aromatic carbocycles. The molecular weight excluding hydrogens is 514 g/mol. The summed E-state index contributed by atoms with van der Waals surface area (Å²) in [6.07, 6.45) is 1.29. The number of aliphatic hydroxyl groups is 1. The summed E-state index contributed by atoms with van der Waals surface area (Å²) in [7, 11) is 3.78. The summed E-state index contributed by atoms with van der Waals surface area (Å²) in [4.78, 5) is 30.0. The second kappa shape index (κ2) is 14.0. The van der Waals surface area contributed by atoms with Crippen LogP contribution in [0.25, 0.3) is 4.48 Å². The number of amides is 2. The van der Waals surface area contributed by atoms with Gasteiger partial charge in [-0.15, -0.1) is 0 Å². The first-order valence-electron chi connectivity index (χ1n) is 12.1. The van der Waals surface area contributed by atoms with Gasteiger partial charge in [-0.05, 0) is 58.4 Å². The third-order valence-electron chi connectivity index (χ3n) is 5.73. The number of likely N-dealkylation sites (N-methyl/N-ethyl adjacent to an activating group) is 2. The van der Waals surface area contributed by atoms with Crippen molar-refractivity contribution in [2.24, 2.45) is 0 Å². The van der Waals surface area contributed by atoms with Gasteiger partial charge in [0.05, 0.1) is 19.8 Å². The number of ether oxygens (including phenoxy) is 2. The van der Waals surface area contributed by atoms with Crippen LogP contribution in [0.15, 0.2) is 29.8 Å². The Kier molecular flexibility index (Phi) is 11.7. The van der Waals surface area contributed by atoms with Gasteiger partial charge in [-0.3, -0.25) is 4.79 Å². The number of morpholine rings is 1. The first-order chi connectivity index (χ1) is 16.5. The predicted octanol–water partition coefficient (Wildman–Crippen LogP) is 3.84. The highest BCUT2D eigenvalue weighted by molar-refractivity contribution is 9.15. The molecule has 0 atom stereocenters. The van der Waals surface area contributed by atoms with E-state index in [2.05, 4.69) is 27.9 Å². The van der Waals surface area contributed by atoms with Gasteiger partial charge in [0.15, 0.2) is 0 Å². The minimum absolute atomic E-state index is 0.0573. The van der Waals surface area contributed by atoms with Crippen molar-refractivity contribution in [2.75, 3.05) is 66.6 Å².